The van der Waals surface area contributed by atoms with E-state index < -0.39 is 14.8 Å². The number of sulfone groups is 1. The summed E-state index contributed by atoms with van der Waals surface area (Å²) in [6.07, 6.45) is 4.57. The fourth-order valence-electron chi connectivity index (χ4n) is 2.73. The molecule has 3 rings (SSSR count). The van der Waals surface area contributed by atoms with Crippen LogP contribution in [0, 0.1) is 10.1 Å². The van der Waals surface area contributed by atoms with Crippen molar-refractivity contribution < 1.29 is 13.3 Å². The Kier molecular flexibility index (Phi) is 4.95. The van der Waals surface area contributed by atoms with Crippen LogP contribution < -0.4 is 4.90 Å². The van der Waals surface area contributed by atoms with E-state index in [0.29, 0.717) is 12.2 Å². The fraction of sp³-hybridized carbons (Fsp3) is 0.167. The van der Waals surface area contributed by atoms with Gasteiger partial charge in [-0.2, -0.15) is 5.10 Å². The van der Waals surface area contributed by atoms with Gasteiger partial charge in [0.25, 0.3) is 5.69 Å². The van der Waals surface area contributed by atoms with Crippen molar-refractivity contribution in [3.05, 3.63) is 76.6 Å². The average Bonchev–Trinajstić information content (AvgIpc) is 3.09. The Hall–Kier alpha value is -3.20. The van der Waals surface area contributed by atoms with Crippen LogP contribution in [-0.2, 0) is 16.4 Å². The molecule has 8 nitrogen and oxygen atoms in total. The van der Waals surface area contributed by atoms with Crippen LogP contribution in [0.25, 0.3) is 5.69 Å². The molecule has 9 heteroatoms. The summed E-state index contributed by atoms with van der Waals surface area (Å²) >= 11 is 0. The largest absolute Gasteiger partial charge is 0.365 e. The zero-order valence-electron chi connectivity index (χ0n) is 14.8. The highest BCUT2D eigenvalue weighted by Gasteiger charge is 2.21. The number of nitro groups is 1. The highest BCUT2D eigenvalue weighted by Crippen LogP contribution is 2.31. The highest BCUT2D eigenvalue weighted by molar-refractivity contribution is 7.90. The van der Waals surface area contributed by atoms with E-state index in [1.807, 2.05) is 36.5 Å². The Labute approximate surface area is 156 Å². The molecular formula is C18H18N4O4S. The lowest BCUT2D eigenvalue weighted by Gasteiger charge is -2.18. The van der Waals surface area contributed by atoms with Crippen molar-refractivity contribution in [2.45, 2.75) is 11.4 Å². The first kappa shape index (κ1) is 18.6. The highest BCUT2D eigenvalue weighted by atomic mass is 32.2. The molecule has 27 heavy (non-hydrogen) atoms. The smallest absolute Gasteiger partial charge is 0.293 e. The van der Waals surface area contributed by atoms with Crippen molar-refractivity contribution in [1.29, 1.82) is 0 Å². The second-order valence-electron chi connectivity index (χ2n) is 6.16. The maximum atomic E-state index is 11.7. The van der Waals surface area contributed by atoms with Crippen molar-refractivity contribution in [3.8, 4) is 5.69 Å². The topological polar surface area (TPSA) is 98.3 Å². The van der Waals surface area contributed by atoms with Gasteiger partial charge in [-0.05, 0) is 24.3 Å². The molecule has 1 heterocycles. The van der Waals surface area contributed by atoms with Crippen LogP contribution >= 0.6 is 0 Å². The molecule has 3 aromatic rings. The molecule has 1 aromatic heterocycles. The number of aromatic nitrogens is 2. The first-order valence-corrected chi connectivity index (χ1v) is 9.93. The minimum absolute atomic E-state index is 0.0803. The Morgan fingerprint density at radius 2 is 1.89 bits per heavy atom. The molecule has 0 radical (unpaired) electrons. The van der Waals surface area contributed by atoms with E-state index in [0.717, 1.165) is 23.6 Å². The third-order valence-corrected chi connectivity index (χ3v) is 5.17. The lowest BCUT2D eigenvalue weighted by molar-refractivity contribution is -0.384. The van der Waals surface area contributed by atoms with Gasteiger partial charge in [0.05, 0.1) is 21.7 Å². The van der Waals surface area contributed by atoms with E-state index >= 15 is 0 Å². The first-order chi connectivity index (χ1) is 12.8. The third kappa shape index (κ3) is 4.14. The second-order valence-corrected chi connectivity index (χ2v) is 8.18. The molecular weight excluding hydrogens is 368 g/mol. The van der Waals surface area contributed by atoms with Gasteiger partial charge in [0, 0.05) is 37.7 Å². The van der Waals surface area contributed by atoms with Crippen LogP contribution in [0.3, 0.4) is 0 Å². The maximum Gasteiger partial charge on any atom is 0.293 e. The molecule has 0 unspecified atom stereocenters. The zero-order chi connectivity index (χ0) is 19.6. The summed E-state index contributed by atoms with van der Waals surface area (Å²) in [7, 11) is -1.81. The van der Waals surface area contributed by atoms with Crippen LogP contribution in [-0.4, -0.2) is 36.4 Å². The number of hydrogen-bond donors (Lipinski definition) is 0. The summed E-state index contributed by atoms with van der Waals surface area (Å²) in [5.74, 6) is 0. The van der Waals surface area contributed by atoms with E-state index in [1.54, 1.807) is 22.8 Å². The van der Waals surface area contributed by atoms with Crippen LogP contribution in [0.5, 0.6) is 0 Å². The molecule has 2 aromatic carbocycles. The van der Waals surface area contributed by atoms with Crippen molar-refractivity contribution in [3.63, 3.8) is 0 Å². The standard InChI is InChI=1S/C18H18N4O4S/c1-20(12-14-11-19-21(13-14)15-6-4-3-5-7-15)17-9-8-16(27(2,25)26)10-18(17)22(23)24/h3-11,13H,12H2,1-2H3. The maximum absolute atomic E-state index is 11.7. The van der Waals surface area contributed by atoms with Crippen LogP contribution in [0.4, 0.5) is 11.4 Å². The van der Waals surface area contributed by atoms with Crippen LogP contribution in [0.15, 0.2) is 65.8 Å². The normalized spacial score (nSPS) is 11.3. The van der Waals surface area contributed by atoms with Crippen molar-refractivity contribution in [1.82, 2.24) is 9.78 Å². The number of nitro benzene ring substituents is 1. The number of benzene rings is 2. The van der Waals surface area contributed by atoms with E-state index in [2.05, 4.69) is 5.10 Å². The van der Waals surface area contributed by atoms with Gasteiger partial charge >= 0.3 is 0 Å². The molecule has 0 saturated heterocycles. The molecule has 0 aliphatic carbocycles. The van der Waals surface area contributed by atoms with Gasteiger partial charge in [0.15, 0.2) is 9.84 Å². The Morgan fingerprint density at radius 3 is 2.52 bits per heavy atom. The molecule has 0 spiro atoms. The summed E-state index contributed by atoms with van der Waals surface area (Å²) < 4.78 is 25.1. The van der Waals surface area contributed by atoms with Crippen molar-refractivity contribution in [2.75, 3.05) is 18.2 Å². The predicted molar refractivity (Wildman–Crippen MR) is 102 cm³/mol. The summed E-state index contributed by atoms with van der Waals surface area (Å²) in [6.45, 7) is 0.381. The molecule has 0 fully saturated rings. The van der Waals surface area contributed by atoms with Gasteiger partial charge in [0.1, 0.15) is 5.69 Å². The van der Waals surface area contributed by atoms with Gasteiger partial charge in [-0.25, -0.2) is 13.1 Å². The van der Waals surface area contributed by atoms with Crippen molar-refractivity contribution >= 4 is 21.2 Å². The number of rotatable bonds is 6. The summed E-state index contributed by atoms with van der Waals surface area (Å²) in [6, 6.07) is 13.5. The SMILES string of the molecule is CN(Cc1cnn(-c2ccccc2)c1)c1ccc(S(C)(=O)=O)cc1[N+](=O)[O-]. The number of nitrogens with zero attached hydrogens (tertiary/aromatic N) is 4. The fourth-order valence-corrected chi connectivity index (χ4v) is 3.37. The molecule has 0 amide bonds. The van der Waals surface area contributed by atoms with E-state index in [9.17, 15) is 18.5 Å². The van der Waals surface area contributed by atoms with Crippen molar-refractivity contribution in [2.24, 2.45) is 0 Å². The molecule has 0 aliphatic rings. The third-order valence-electron chi connectivity index (χ3n) is 4.06. The summed E-state index contributed by atoms with van der Waals surface area (Å²) in [5, 5.41) is 15.7. The van der Waals surface area contributed by atoms with Crippen LogP contribution in [0.2, 0.25) is 0 Å². The summed E-state index contributed by atoms with van der Waals surface area (Å²) in [5.41, 5.74) is 1.86. The quantitative estimate of drug-likeness (QED) is 0.477. The van der Waals surface area contributed by atoms with Gasteiger partial charge in [0.2, 0.25) is 0 Å². The average molecular weight is 386 g/mol. The Morgan fingerprint density at radius 1 is 1.19 bits per heavy atom. The molecule has 0 N–H and O–H groups in total. The second kappa shape index (κ2) is 7.20. The minimum atomic E-state index is -3.52. The molecule has 0 aliphatic heterocycles. The minimum Gasteiger partial charge on any atom is -0.365 e. The number of hydrogen-bond acceptors (Lipinski definition) is 6. The van der Waals surface area contributed by atoms with Gasteiger partial charge in [-0.1, -0.05) is 18.2 Å². The molecule has 0 saturated carbocycles. The molecule has 140 valence electrons. The number of anilines is 1. The van der Waals surface area contributed by atoms with E-state index in [1.165, 1.54) is 12.1 Å². The Bertz CT molecular complexity index is 1080. The number of para-hydroxylation sites is 1. The van der Waals surface area contributed by atoms with Gasteiger partial charge in [-0.3, -0.25) is 10.1 Å². The lowest BCUT2D eigenvalue weighted by Crippen LogP contribution is -2.17. The molecule has 0 atom stereocenters. The zero-order valence-corrected chi connectivity index (χ0v) is 15.6. The predicted octanol–water partition coefficient (Wildman–Crippen LogP) is 2.82. The Balaban J connectivity index is 1.87. The summed E-state index contributed by atoms with van der Waals surface area (Å²) in [4.78, 5) is 12.4. The van der Waals surface area contributed by atoms with E-state index in [4.69, 9.17) is 0 Å². The van der Waals surface area contributed by atoms with Crippen LogP contribution in [0.1, 0.15) is 5.56 Å². The molecule has 0 bridgehead atoms. The van der Waals surface area contributed by atoms with E-state index in [-0.39, 0.29) is 10.6 Å². The lowest BCUT2D eigenvalue weighted by atomic mass is 10.2. The monoisotopic (exact) mass is 386 g/mol. The van der Waals surface area contributed by atoms with Gasteiger partial charge in [-0.15, -0.1) is 0 Å². The first-order valence-electron chi connectivity index (χ1n) is 8.04. The van der Waals surface area contributed by atoms with Gasteiger partial charge < -0.3 is 4.90 Å².